The number of aromatic nitrogens is 1. The van der Waals surface area contributed by atoms with E-state index in [1.807, 2.05) is 79.9 Å². The molecule has 0 bridgehead atoms. The number of imide groups is 1. The summed E-state index contributed by atoms with van der Waals surface area (Å²) in [6.07, 6.45) is 3.68. The largest absolute Gasteiger partial charge is 0.329 e. The van der Waals surface area contributed by atoms with Gasteiger partial charge in [-0.05, 0) is 42.3 Å². The number of hydrogen-bond acceptors (Lipinski definition) is 2. The van der Waals surface area contributed by atoms with E-state index in [4.69, 9.17) is 0 Å². The van der Waals surface area contributed by atoms with Crippen LogP contribution in [0, 0.1) is 6.92 Å². The highest BCUT2D eigenvalue weighted by Crippen LogP contribution is 2.20. The number of hydrogen-bond donors (Lipinski definition) is 1. The van der Waals surface area contributed by atoms with Gasteiger partial charge in [-0.25, -0.2) is 4.79 Å². The number of para-hydroxylation sites is 1. The Hall–Kier alpha value is -3.60. The summed E-state index contributed by atoms with van der Waals surface area (Å²) >= 11 is 0. The van der Waals surface area contributed by atoms with Crippen LogP contribution in [0.4, 0.5) is 4.79 Å². The van der Waals surface area contributed by atoms with E-state index < -0.39 is 6.03 Å². The first-order valence-electron chi connectivity index (χ1n) is 8.75. The highest BCUT2D eigenvalue weighted by atomic mass is 16.2. The zero-order chi connectivity index (χ0) is 18.8. The van der Waals surface area contributed by atoms with Gasteiger partial charge < -0.3 is 9.88 Å². The quantitative estimate of drug-likeness (QED) is 0.569. The molecule has 0 atom stereocenters. The van der Waals surface area contributed by atoms with Gasteiger partial charge in [0.15, 0.2) is 0 Å². The molecule has 1 saturated heterocycles. The van der Waals surface area contributed by atoms with Gasteiger partial charge >= 0.3 is 6.03 Å². The lowest BCUT2D eigenvalue weighted by atomic mass is 10.2. The van der Waals surface area contributed by atoms with E-state index in [-0.39, 0.29) is 12.5 Å². The Bertz CT molecular complexity index is 1020. The van der Waals surface area contributed by atoms with Crippen molar-refractivity contribution in [1.29, 1.82) is 0 Å². The molecule has 0 aliphatic carbocycles. The molecule has 0 unspecified atom stereocenters. The fourth-order valence-corrected chi connectivity index (χ4v) is 3.19. The van der Waals surface area contributed by atoms with E-state index >= 15 is 0 Å². The second kappa shape index (κ2) is 6.96. The van der Waals surface area contributed by atoms with Gasteiger partial charge in [-0.2, -0.15) is 0 Å². The van der Waals surface area contributed by atoms with E-state index in [9.17, 15) is 9.59 Å². The lowest BCUT2D eigenvalue weighted by Gasteiger charge is -2.11. The van der Waals surface area contributed by atoms with Crippen molar-refractivity contribution >= 4 is 18.0 Å². The lowest BCUT2D eigenvalue weighted by Crippen LogP contribution is -2.30. The van der Waals surface area contributed by atoms with Crippen LogP contribution in [-0.2, 0) is 11.3 Å². The molecule has 4 rings (SSSR count). The van der Waals surface area contributed by atoms with Gasteiger partial charge in [0, 0.05) is 17.6 Å². The normalized spacial score (nSPS) is 15.4. The topological polar surface area (TPSA) is 54.3 Å². The number of rotatable bonds is 4. The fourth-order valence-electron chi connectivity index (χ4n) is 3.19. The SMILES string of the molecule is Cc1cc(/C=C2/NC(=O)N(Cc3ccccc3)C2=O)cn1-c1ccccc1. The summed E-state index contributed by atoms with van der Waals surface area (Å²) in [6.45, 7) is 2.26. The maximum Gasteiger partial charge on any atom is 0.329 e. The number of carbonyl (C=O) groups excluding carboxylic acids is 2. The van der Waals surface area contributed by atoms with Gasteiger partial charge in [-0.15, -0.1) is 0 Å². The van der Waals surface area contributed by atoms with Crippen molar-refractivity contribution in [3.05, 3.63) is 95.4 Å². The number of nitrogens with one attached hydrogen (secondary N) is 1. The van der Waals surface area contributed by atoms with Crippen LogP contribution in [-0.4, -0.2) is 21.4 Å². The Kier molecular flexibility index (Phi) is 4.34. The van der Waals surface area contributed by atoms with E-state index in [1.54, 1.807) is 6.08 Å². The first-order valence-corrected chi connectivity index (χ1v) is 8.75. The van der Waals surface area contributed by atoms with E-state index in [0.29, 0.717) is 5.70 Å². The molecule has 2 heterocycles. The Morgan fingerprint density at radius 1 is 0.963 bits per heavy atom. The molecule has 27 heavy (non-hydrogen) atoms. The van der Waals surface area contributed by atoms with E-state index in [1.165, 1.54) is 4.90 Å². The molecule has 1 aliphatic heterocycles. The van der Waals surface area contributed by atoms with Crippen LogP contribution in [0.5, 0.6) is 0 Å². The summed E-state index contributed by atoms with van der Waals surface area (Å²) in [5.41, 5.74) is 4.16. The summed E-state index contributed by atoms with van der Waals surface area (Å²) in [6, 6.07) is 21.0. The van der Waals surface area contributed by atoms with Gasteiger partial charge in [0.05, 0.1) is 6.54 Å². The highest BCUT2D eigenvalue weighted by molar-refractivity contribution is 6.13. The zero-order valence-electron chi connectivity index (χ0n) is 14.9. The molecule has 5 nitrogen and oxygen atoms in total. The molecule has 0 radical (unpaired) electrons. The molecule has 2 aromatic carbocycles. The Morgan fingerprint density at radius 2 is 1.63 bits per heavy atom. The van der Waals surface area contributed by atoms with Crippen LogP contribution in [0.1, 0.15) is 16.8 Å². The zero-order valence-corrected chi connectivity index (χ0v) is 14.9. The summed E-state index contributed by atoms with van der Waals surface area (Å²) in [7, 11) is 0. The van der Waals surface area contributed by atoms with Crippen LogP contribution in [0.3, 0.4) is 0 Å². The smallest absolute Gasteiger partial charge is 0.321 e. The molecule has 1 aromatic heterocycles. The molecule has 1 fully saturated rings. The molecular formula is C22H19N3O2. The Morgan fingerprint density at radius 3 is 2.33 bits per heavy atom. The van der Waals surface area contributed by atoms with Crippen LogP contribution in [0.25, 0.3) is 11.8 Å². The summed E-state index contributed by atoms with van der Waals surface area (Å²) in [5.74, 6) is -0.311. The molecule has 1 aliphatic rings. The summed E-state index contributed by atoms with van der Waals surface area (Å²) in [5, 5.41) is 2.68. The number of nitrogens with zero attached hydrogens (tertiary/aromatic N) is 2. The molecule has 0 spiro atoms. The highest BCUT2D eigenvalue weighted by Gasteiger charge is 2.33. The summed E-state index contributed by atoms with van der Waals surface area (Å²) < 4.78 is 2.05. The van der Waals surface area contributed by atoms with Gasteiger partial charge in [0.25, 0.3) is 5.91 Å². The molecule has 0 saturated carbocycles. The third-order valence-corrected chi connectivity index (χ3v) is 4.52. The van der Waals surface area contributed by atoms with Crippen molar-refractivity contribution in [2.45, 2.75) is 13.5 Å². The predicted octanol–water partition coefficient (Wildman–Crippen LogP) is 3.88. The predicted molar refractivity (Wildman–Crippen MR) is 104 cm³/mol. The first kappa shape index (κ1) is 16.8. The maximum atomic E-state index is 12.7. The standard InChI is InChI=1S/C22H19N3O2/c1-16-12-18(15-24(16)19-10-6-3-7-11-19)13-20-21(26)25(22(27)23-20)14-17-8-4-2-5-9-17/h2-13,15H,14H2,1H3,(H,23,27)/b20-13+. The molecule has 3 aromatic rings. The van der Waals surface area contributed by atoms with Gasteiger partial charge in [-0.1, -0.05) is 48.5 Å². The Balaban J connectivity index is 1.58. The monoisotopic (exact) mass is 357 g/mol. The fraction of sp³-hybridized carbons (Fsp3) is 0.0909. The second-order valence-corrected chi connectivity index (χ2v) is 6.49. The van der Waals surface area contributed by atoms with Crippen LogP contribution in [0.2, 0.25) is 0 Å². The minimum atomic E-state index is -0.394. The summed E-state index contributed by atoms with van der Waals surface area (Å²) in [4.78, 5) is 26.1. The number of urea groups is 1. The molecule has 5 heteroatoms. The average molecular weight is 357 g/mol. The minimum absolute atomic E-state index is 0.257. The van der Waals surface area contributed by atoms with Gasteiger partial charge in [-0.3, -0.25) is 9.69 Å². The van der Waals surface area contributed by atoms with Crippen LogP contribution >= 0.6 is 0 Å². The van der Waals surface area contributed by atoms with Gasteiger partial charge in [0.2, 0.25) is 0 Å². The van der Waals surface area contributed by atoms with Crippen molar-refractivity contribution in [2.75, 3.05) is 0 Å². The average Bonchev–Trinajstić information content (AvgIpc) is 3.18. The second-order valence-electron chi connectivity index (χ2n) is 6.49. The number of aryl methyl sites for hydroxylation is 1. The van der Waals surface area contributed by atoms with Crippen molar-refractivity contribution in [3.63, 3.8) is 0 Å². The van der Waals surface area contributed by atoms with Gasteiger partial charge in [0.1, 0.15) is 5.70 Å². The molecule has 134 valence electrons. The third-order valence-electron chi connectivity index (χ3n) is 4.52. The number of carbonyl (C=O) groups is 2. The van der Waals surface area contributed by atoms with Crippen LogP contribution < -0.4 is 5.32 Å². The minimum Gasteiger partial charge on any atom is -0.321 e. The lowest BCUT2D eigenvalue weighted by molar-refractivity contribution is -0.123. The van der Waals surface area contributed by atoms with Crippen LogP contribution in [0.15, 0.2) is 78.6 Å². The van der Waals surface area contributed by atoms with Crippen molar-refractivity contribution < 1.29 is 9.59 Å². The molecular weight excluding hydrogens is 338 g/mol. The molecule has 3 amide bonds. The van der Waals surface area contributed by atoms with Crippen molar-refractivity contribution in [3.8, 4) is 5.69 Å². The number of benzene rings is 2. The van der Waals surface area contributed by atoms with E-state index in [2.05, 4.69) is 9.88 Å². The van der Waals surface area contributed by atoms with Crippen molar-refractivity contribution in [1.82, 2.24) is 14.8 Å². The maximum absolute atomic E-state index is 12.7. The molecule has 1 N–H and O–H groups in total. The first-order chi connectivity index (χ1) is 13.1. The van der Waals surface area contributed by atoms with Crippen molar-refractivity contribution in [2.24, 2.45) is 0 Å². The third kappa shape index (κ3) is 3.40. The van der Waals surface area contributed by atoms with E-state index in [0.717, 1.165) is 22.5 Å². The Labute approximate surface area is 157 Å². The number of amides is 3.